The molecule has 0 aliphatic carbocycles. The molecule has 2 unspecified atom stereocenters. The van der Waals surface area contributed by atoms with E-state index in [4.69, 9.17) is 5.73 Å². The molecule has 0 bridgehead atoms. The molecule has 1 rings (SSSR count). The first kappa shape index (κ1) is 16.2. The first-order chi connectivity index (χ1) is 8.90. The Labute approximate surface area is 117 Å². The predicted octanol–water partition coefficient (Wildman–Crippen LogP) is 3.10. The molecule has 108 valence electrons. The molecule has 4 heteroatoms. The molecule has 0 aliphatic rings. The van der Waals surface area contributed by atoms with Gasteiger partial charge in [-0.1, -0.05) is 32.9 Å². The molecule has 1 aromatic carbocycles. The van der Waals surface area contributed by atoms with Crippen molar-refractivity contribution in [1.82, 2.24) is 0 Å². The fourth-order valence-electron chi connectivity index (χ4n) is 2.02. The van der Waals surface area contributed by atoms with Crippen LogP contribution >= 0.6 is 0 Å². The highest BCUT2D eigenvalue weighted by molar-refractivity contribution is 7.91. The summed E-state index contributed by atoms with van der Waals surface area (Å²) in [5.41, 5.74) is 7.01. The van der Waals surface area contributed by atoms with Crippen molar-refractivity contribution in [2.75, 3.05) is 5.75 Å². The van der Waals surface area contributed by atoms with Gasteiger partial charge in [-0.3, -0.25) is 0 Å². The van der Waals surface area contributed by atoms with Crippen LogP contribution in [0, 0.1) is 0 Å². The van der Waals surface area contributed by atoms with Crippen LogP contribution in [0.5, 0.6) is 0 Å². The van der Waals surface area contributed by atoms with E-state index in [-0.39, 0.29) is 11.8 Å². The first-order valence-corrected chi connectivity index (χ1v) is 8.64. The van der Waals surface area contributed by atoms with Crippen molar-refractivity contribution in [3.63, 3.8) is 0 Å². The molecule has 0 aliphatic heterocycles. The average Bonchev–Trinajstić information content (AvgIpc) is 2.44. The van der Waals surface area contributed by atoms with Gasteiger partial charge in [0.2, 0.25) is 0 Å². The monoisotopic (exact) mass is 283 g/mol. The lowest BCUT2D eigenvalue weighted by atomic mass is 9.94. The molecule has 0 spiro atoms. The van der Waals surface area contributed by atoms with E-state index in [2.05, 4.69) is 13.8 Å². The maximum Gasteiger partial charge on any atom is 0.178 e. The molecule has 0 saturated heterocycles. The SMILES string of the molecule is CCC(N)CCC(C)c1cccc(S(=O)(=O)CC)c1. The second-order valence-corrected chi connectivity index (χ2v) is 7.40. The van der Waals surface area contributed by atoms with Gasteiger partial charge in [-0.25, -0.2) is 8.42 Å². The van der Waals surface area contributed by atoms with E-state index in [1.54, 1.807) is 19.1 Å². The highest BCUT2D eigenvalue weighted by Crippen LogP contribution is 2.24. The van der Waals surface area contributed by atoms with Gasteiger partial charge >= 0.3 is 0 Å². The zero-order valence-electron chi connectivity index (χ0n) is 12.1. The molecule has 3 nitrogen and oxygen atoms in total. The van der Waals surface area contributed by atoms with E-state index in [0.29, 0.717) is 10.8 Å². The van der Waals surface area contributed by atoms with Gasteiger partial charge in [0.15, 0.2) is 9.84 Å². The Bertz CT molecular complexity index is 497. The Balaban J connectivity index is 2.82. The van der Waals surface area contributed by atoms with E-state index in [1.165, 1.54) is 0 Å². The topological polar surface area (TPSA) is 60.2 Å². The van der Waals surface area contributed by atoms with Crippen LogP contribution in [0.1, 0.15) is 51.5 Å². The van der Waals surface area contributed by atoms with Crippen molar-refractivity contribution < 1.29 is 8.42 Å². The van der Waals surface area contributed by atoms with Gasteiger partial charge in [-0.05, 0) is 42.9 Å². The van der Waals surface area contributed by atoms with Crippen LogP contribution in [0.3, 0.4) is 0 Å². The Morgan fingerprint density at radius 1 is 1.21 bits per heavy atom. The molecule has 0 saturated carbocycles. The summed E-state index contributed by atoms with van der Waals surface area (Å²) in [5, 5.41) is 0. The van der Waals surface area contributed by atoms with Crippen molar-refractivity contribution in [2.24, 2.45) is 5.73 Å². The maximum absolute atomic E-state index is 11.9. The standard InChI is InChI=1S/C15H25NO2S/c1-4-14(16)10-9-12(3)13-7-6-8-15(11-13)19(17,18)5-2/h6-8,11-12,14H,4-5,9-10,16H2,1-3H3. The molecular weight excluding hydrogens is 258 g/mol. The minimum absolute atomic E-state index is 0.144. The van der Waals surface area contributed by atoms with Gasteiger partial charge in [0.25, 0.3) is 0 Å². The first-order valence-electron chi connectivity index (χ1n) is 6.99. The quantitative estimate of drug-likeness (QED) is 0.836. The van der Waals surface area contributed by atoms with Crippen LogP contribution in [0.4, 0.5) is 0 Å². The number of sulfone groups is 1. The Kier molecular flexibility index (Phi) is 6.01. The minimum Gasteiger partial charge on any atom is -0.328 e. The fraction of sp³-hybridized carbons (Fsp3) is 0.600. The number of nitrogens with two attached hydrogens (primary N) is 1. The van der Waals surface area contributed by atoms with E-state index in [9.17, 15) is 8.42 Å². The lowest BCUT2D eigenvalue weighted by Gasteiger charge is -2.15. The van der Waals surface area contributed by atoms with Crippen molar-refractivity contribution in [1.29, 1.82) is 0 Å². The summed E-state index contributed by atoms with van der Waals surface area (Å²) in [6.07, 6.45) is 2.95. The smallest absolute Gasteiger partial charge is 0.178 e. The summed E-state index contributed by atoms with van der Waals surface area (Å²) in [6, 6.07) is 7.55. The van der Waals surface area contributed by atoms with E-state index >= 15 is 0 Å². The molecule has 2 N–H and O–H groups in total. The summed E-state index contributed by atoms with van der Waals surface area (Å²) in [6.45, 7) is 5.88. The van der Waals surface area contributed by atoms with Crippen LogP contribution in [0.25, 0.3) is 0 Å². The summed E-state index contributed by atoms with van der Waals surface area (Å²) in [4.78, 5) is 0.430. The van der Waals surface area contributed by atoms with Crippen LogP contribution in [0.2, 0.25) is 0 Å². The highest BCUT2D eigenvalue weighted by Gasteiger charge is 2.14. The maximum atomic E-state index is 11.9. The third-order valence-electron chi connectivity index (χ3n) is 3.66. The van der Waals surface area contributed by atoms with Crippen molar-refractivity contribution in [2.45, 2.75) is 56.9 Å². The number of rotatable bonds is 7. The Hall–Kier alpha value is -0.870. The molecule has 0 amide bonds. The third kappa shape index (κ3) is 4.62. The van der Waals surface area contributed by atoms with Gasteiger partial charge in [-0.15, -0.1) is 0 Å². The summed E-state index contributed by atoms with van der Waals surface area (Å²) in [7, 11) is -3.11. The molecular formula is C15H25NO2S. The van der Waals surface area contributed by atoms with Crippen molar-refractivity contribution in [3.8, 4) is 0 Å². The van der Waals surface area contributed by atoms with Crippen molar-refractivity contribution in [3.05, 3.63) is 29.8 Å². The van der Waals surface area contributed by atoms with Crippen LogP contribution < -0.4 is 5.73 Å². The van der Waals surface area contributed by atoms with Gasteiger partial charge in [0.1, 0.15) is 0 Å². The molecule has 2 atom stereocenters. The Morgan fingerprint density at radius 2 is 1.89 bits per heavy atom. The molecule has 1 aromatic rings. The average molecular weight is 283 g/mol. The second-order valence-electron chi connectivity index (χ2n) is 5.12. The van der Waals surface area contributed by atoms with Crippen LogP contribution in [-0.2, 0) is 9.84 Å². The molecule has 19 heavy (non-hydrogen) atoms. The summed E-state index contributed by atoms with van der Waals surface area (Å²) < 4.78 is 23.7. The van der Waals surface area contributed by atoms with Gasteiger partial charge < -0.3 is 5.73 Å². The largest absolute Gasteiger partial charge is 0.328 e. The van der Waals surface area contributed by atoms with E-state index < -0.39 is 9.84 Å². The van der Waals surface area contributed by atoms with Gasteiger partial charge in [0, 0.05) is 6.04 Å². The summed E-state index contributed by atoms with van der Waals surface area (Å²) in [5.74, 6) is 0.482. The molecule has 0 aromatic heterocycles. The zero-order valence-corrected chi connectivity index (χ0v) is 12.9. The van der Waals surface area contributed by atoms with Crippen LogP contribution in [-0.4, -0.2) is 20.2 Å². The number of hydrogen-bond acceptors (Lipinski definition) is 3. The molecule has 0 radical (unpaired) electrons. The van der Waals surface area contributed by atoms with Gasteiger partial charge in [0.05, 0.1) is 10.6 Å². The highest BCUT2D eigenvalue weighted by atomic mass is 32.2. The second kappa shape index (κ2) is 7.06. The zero-order chi connectivity index (χ0) is 14.5. The third-order valence-corrected chi connectivity index (χ3v) is 5.39. The van der Waals surface area contributed by atoms with Gasteiger partial charge in [-0.2, -0.15) is 0 Å². The lowest BCUT2D eigenvalue weighted by Crippen LogP contribution is -2.18. The van der Waals surface area contributed by atoms with E-state index in [0.717, 1.165) is 24.8 Å². The summed E-state index contributed by atoms with van der Waals surface area (Å²) >= 11 is 0. The lowest BCUT2D eigenvalue weighted by molar-refractivity contribution is 0.530. The normalized spacial score (nSPS) is 15.2. The number of hydrogen-bond donors (Lipinski definition) is 1. The molecule has 0 heterocycles. The molecule has 0 fully saturated rings. The minimum atomic E-state index is -3.11. The van der Waals surface area contributed by atoms with Crippen LogP contribution in [0.15, 0.2) is 29.2 Å². The van der Waals surface area contributed by atoms with E-state index in [1.807, 2.05) is 12.1 Å². The fourth-order valence-corrected chi connectivity index (χ4v) is 2.95. The predicted molar refractivity (Wildman–Crippen MR) is 80.1 cm³/mol. The van der Waals surface area contributed by atoms with Crippen molar-refractivity contribution >= 4 is 9.84 Å². The number of benzene rings is 1. The Morgan fingerprint density at radius 3 is 2.47 bits per heavy atom.